The topological polar surface area (TPSA) is 75.6 Å². The maximum atomic E-state index is 12.3. The van der Waals surface area contributed by atoms with E-state index in [9.17, 15) is 13.5 Å². The van der Waals surface area contributed by atoms with Gasteiger partial charge in [-0.05, 0) is 18.4 Å². The molecule has 0 radical (unpaired) electrons. The monoisotopic (exact) mass is 285 g/mol. The van der Waals surface area contributed by atoms with Crippen LogP contribution in [0.3, 0.4) is 0 Å². The second-order valence-electron chi connectivity index (χ2n) is 4.62. The van der Waals surface area contributed by atoms with Crippen molar-refractivity contribution in [3.63, 3.8) is 0 Å². The van der Waals surface area contributed by atoms with Gasteiger partial charge in [0.05, 0.1) is 17.9 Å². The summed E-state index contributed by atoms with van der Waals surface area (Å²) in [5, 5.41) is 8.96. The Morgan fingerprint density at radius 3 is 2.47 bits per heavy atom. The van der Waals surface area contributed by atoms with Crippen molar-refractivity contribution < 1.29 is 18.3 Å². The summed E-state index contributed by atoms with van der Waals surface area (Å²) in [7, 11) is -3.43. The molecule has 1 aliphatic heterocycles. The van der Waals surface area contributed by atoms with Crippen LogP contribution in [0.4, 0.5) is 0 Å². The van der Waals surface area contributed by atoms with E-state index in [-0.39, 0.29) is 6.61 Å². The molecule has 6 heteroatoms. The highest BCUT2D eigenvalue weighted by Gasteiger charge is 2.30. The van der Waals surface area contributed by atoms with Gasteiger partial charge in [-0.15, -0.1) is 0 Å². The van der Waals surface area contributed by atoms with Crippen LogP contribution in [0.5, 0.6) is 0 Å². The van der Waals surface area contributed by atoms with Crippen molar-refractivity contribution in [2.45, 2.75) is 24.1 Å². The molecule has 0 spiro atoms. The van der Waals surface area contributed by atoms with E-state index in [0.717, 1.165) is 5.56 Å². The number of rotatable bonds is 5. The van der Waals surface area contributed by atoms with Crippen molar-refractivity contribution >= 4 is 10.0 Å². The lowest BCUT2D eigenvalue weighted by molar-refractivity contribution is 0.0980. The van der Waals surface area contributed by atoms with E-state index < -0.39 is 21.3 Å². The molecule has 5 nitrogen and oxygen atoms in total. The van der Waals surface area contributed by atoms with Gasteiger partial charge in [-0.25, -0.2) is 13.1 Å². The van der Waals surface area contributed by atoms with E-state index in [4.69, 9.17) is 4.74 Å². The van der Waals surface area contributed by atoms with Crippen LogP contribution in [0.15, 0.2) is 30.3 Å². The predicted octanol–water partition coefficient (Wildman–Crippen LogP) is 0.818. The van der Waals surface area contributed by atoms with E-state index in [1.165, 1.54) is 0 Å². The molecule has 0 saturated carbocycles. The number of aliphatic hydroxyl groups excluding tert-OH is 1. The Hall–Kier alpha value is -0.950. The number of sulfonamides is 1. The summed E-state index contributed by atoms with van der Waals surface area (Å²) in [6.07, 6.45) is 1.00. The highest BCUT2D eigenvalue weighted by molar-refractivity contribution is 7.90. The van der Waals surface area contributed by atoms with Crippen LogP contribution in [0.1, 0.15) is 24.4 Å². The van der Waals surface area contributed by atoms with Crippen LogP contribution < -0.4 is 4.72 Å². The van der Waals surface area contributed by atoms with Crippen molar-refractivity contribution in [3.8, 4) is 0 Å². The Labute approximate surface area is 113 Å². The quantitative estimate of drug-likeness (QED) is 0.840. The number of nitrogens with one attached hydrogen (secondary N) is 1. The Morgan fingerprint density at radius 2 is 1.89 bits per heavy atom. The van der Waals surface area contributed by atoms with Crippen LogP contribution >= 0.6 is 0 Å². The van der Waals surface area contributed by atoms with Gasteiger partial charge < -0.3 is 9.84 Å². The lowest BCUT2D eigenvalue weighted by atomic mass is 10.1. The molecule has 2 rings (SSSR count). The lowest BCUT2D eigenvalue weighted by Crippen LogP contribution is -2.40. The van der Waals surface area contributed by atoms with E-state index in [1.54, 1.807) is 12.1 Å². The first-order valence-corrected chi connectivity index (χ1v) is 7.93. The molecule has 1 aliphatic rings. The fourth-order valence-electron chi connectivity index (χ4n) is 2.18. The third-order valence-electron chi connectivity index (χ3n) is 3.30. The predicted molar refractivity (Wildman–Crippen MR) is 72.2 cm³/mol. The van der Waals surface area contributed by atoms with Crippen molar-refractivity contribution in [2.24, 2.45) is 0 Å². The highest BCUT2D eigenvalue weighted by Crippen LogP contribution is 2.19. The van der Waals surface area contributed by atoms with Crippen LogP contribution in [-0.4, -0.2) is 38.6 Å². The summed E-state index contributed by atoms with van der Waals surface area (Å²) in [6.45, 7) is 0.688. The molecule has 1 atom stereocenters. The van der Waals surface area contributed by atoms with Crippen molar-refractivity contribution in [2.75, 3.05) is 19.8 Å². The van der Waals surface area contributed by atoms with E-state index in [0.29, 0.717) is 26.1 Å². The average molecular weight is 285 g/mol. The number of hydrogen-bond donors (Lipinski definition) is 2. The van der Waals surface area contributed by atoms with Gasteiger partial charge in [-0.1, -0.05) is 30.3 Å². The van der Waals surface area contributed by atoms with Gasteiger partial charge in [0, 0.05) is 13.2 Å². The van der Waals surface area contributed by atoms with Gasteiger partial charge >= 0.3 is 0 Å². The molecule has 19 heavy (non-hydrogen) atoms. The highest BCUT2D eigenvalue weighted by atomic mass is 32.2. The molecule has 0 unspecified atom stereocenters. The Kier molecular flexibility index (Phi) is 4.93. The second kappa shape index (κ2) is 6.47. The van der Waals surface area contributed by atoms with Crippen LogP contribution in [0.2, 0.25) is 0 Å². The lowest BCUT2D eigenvalue weighted by Gasteiger charge is -2.25. The molecule has 1 aromatic carbocycles. The zero-order valence-electron chi connectivity index (χ0n) is 10.7. The summed E-state index contributed by atoms with van der Waals surface area (Å²) >= 11 is 0. The maximum absolute atomic E-state index is 12.3. The Morgan fingerprint density at radius 1 is 1.26 bits per heavy atom. The third-order valence-corrected chi connectivity index (χ3v) is 5.26. The molecule has 1 aromatic rings. The van der Waals surface area contributed by atoms with E-state index in [1.807, 2.05) is 18.2 Å². The second-order valence-corrected chi connectivity index (χ2v) is 6.61. The van der Waals surface area contributed by atoms with Gasteiger partial charge in [0.15, 0.2) is 0 Å². The maximum Gasteiger partial charge on any atom is 0.215 e. The molecule has 0 aliphatic carbocycles. The molecule has 1 heterocycles. The van der Waals surface area contributed by atoms with Crippen LogP contribution in [-0.2, 0) is 14.8 Å². The molecule has 0 amide bonds. The zero-order valence-corrected chi connectivity index (χ0v) is 11.5. The number of hydrogen-bond acceptors (Lipinski definition) is 4. The number of ether oxygens (including phenoxy) is 1. The van der Waals surface area contributed by atoms with Crippen molar-refractivity contribution in [1.82, 2.24) is 4.72 Å². The number of benzene rings is 1. The standard InChI is InChI=1S/C13H19NO4S/c15-10-13(11-4-2-1-3-5-11)14-19(16,17)12-6-8-18-9-7-12/h1-5,12-15H,6-10H2/t13-/m0/s1. The van der Waals surface area contributed by atoms with E-state index >= 15 is 0 Å². The average Bonchev–Trinajstić information content (AvgIpc) is 2.47. The van der Waals surface area contributed by atoms with Gasteiger partial charge in [-0.2, -0.15) is 0 Å². The summed E-state index contributed by atoms with van der Waals surface area (Å²) in [4.78, 5) is 0. The molecule has 1 saturated heterocycles. The SMILES string of the molecule is O=S(=O)(N[C@@H](CO)c1ccccc1)C1CCOCC1. The first-order valence-electron chi connectivity index (χ1n) is 6.38. The van der Waals surface area contributed by atoms with Gasteiger partial charge in [0.2, 0.25) is 10.0 Å². The molecule has 1 fully saturated rings. The summed E-state index contributed by atoms with van der Waals surface area (Å²) < 4.78 is 32.3. The van der Waals surface area contributed by atoms with E-state index in [2.05, 4.69) is 4.72 Å². The fraction of sp³-hybridized carbons (Fsp3) is 0.538. The molecular formula is C13H19NO4S. The van der Waals surface area contributed by atoms with Gasteiger partial charge in [-0.3, -0.25) is 0 Å². The molecule has 2 N–H and O–H groups in total. The first kappa shape index (κ1) is 14.5. The van der Waals surface area contributed by atoms with Gasteiger partial charge in [0.25, 0.3) is 0 Å². The smallest absolute Gasteiger partial charge is 0.215 e. The summed E-state index contributed by atoms with van der Waals surface area (Å²) in [5.74, 6) is 0. The zero-order chi connectivity index (χ0) is 13.7. The van der Waals surface area contributed by atoms with Crippen LogP contribution in [0, 0.1) is 0 Å². The largest absolute Gasteiger partial charge is 0.394 e. The minimum Gasteiger partial charge on any atom is -0.394 e. The molecular weight excluding hydrogens is 266 g/mol. The summed E-state index contributed by atoms with van der Waals surface area (Å²) in [6, 6.07) is 8.50. The first-order chi connectivity index (χ1) is 9.13. The Balaban J connectivity index is 2.09. The van der Waals surface area contributed by atoms with Crippen molar-refractivity contribution in [3.05, 3.63) is 35.9 Å². The Bertz CT molecular complexity index is 483. The summed E-state index contributed by atoms with van der Waals surface area (Å²) in [5.41, 5.74) is 0.764. The third kappa shape index (κ3) is 3.76. The molecule has 0 bridgehead atoms. The molecule has 0 aromatic heterocycles. The molecule has 106 valence electrons. The van der Waals surface area contributed by atoms with Crippen molar-refractivity contribution in [1.29, 1.82) is 0 Å². The van der Waals surface area contributed by atoms with Gasteiger partial charge in [0.1, 0.15) is 0 Å². The van der Waals surface area contributed by atoms with Crippen LogP contribution in [0.25, 0.3) is 0 Å². The normalized spacial score (nSPS) is 19.2. The fourth-order valence-corrected chi connectivity index (χ4v) is 3.79. The minimum absolute atomic E-state index is 0.257. The number of aliphatic hydroxyl groups is 1. The minimum atomic E-state index is -3.43.